The van der Waals surface area contributed by atoms with Crippen molar-refractivity contribution in [1.29, 1.82) is 0 Å². The third kappa shape index (κ3) is 11.8. The molecule has 0 spiro atoms. The molecule has 4 unspecified atom stereocenters. The fourth-order valence-corrected chi connectivity index (χ4v) is 6.08. The second-order valence-electron chi connectivity index (χ2n) is 13.2. The number of carboxylic acids is 1. The molecule has 1 aliphatic carbocycles. The number of fused-ring (bicyclic) bond motifs is 1. The van der Waals surface area contributed by atoms with E-state index in [1.165, 1.54) is 0 Å². The Morgan fingerprint density at radius 3 is 2.05 bits per heavy atom. The Balaban J connectivity index is 0.00000106. The monoisotopic (exact) mass is 774 g/mol. The predicted octanol–water partition coefficient (Wildman–Crippen LogP) is 4.26. The number of ether oxygens (including phenoxy) is 4. The molecule has 1 aliphatic rings. The largest absolute Gasteiger partial charge is 0.495 e. The first-order valence-electron chi connectivity index (χ1n) is 17.3. The number of carboxylic acid groups (broad SMARTS) is 1. The molecule has 0 saturated carbocycles. The molecule has 4 atom stereocenters. The Labute approximate surface area is 317 Å². The highest BCUT2D eigenvalue weighted by Crippen LogP contribution is 2.47. The van der Waals surface area contributed by atoms with Crippen LogP contribution in [-0.2, 0) is 27.2 Å². The second kappa shape index (κ2) is 19.7. The lowest BCUT2D eigenvalue weighted by Crippen LogP contribution is -2.55. The fourth-order valence-electron chi connectivity index (χ4n) is 6.08. The Hall–Kier alpha value is -5.48. The molecule has 0 radical (unpaired) electrons. The number of nitrogens with two attached hydrogens (primary N) is 2. The van der Waals surface area contributed by atoms with E-state index >= 15 is 0 Å². The van der Waals surface area contributed by atoms with Gasteiger partial charge in [0.15, 0.2) is 11.5 Å². The summed E-state index contributed by atoms with van der Waals surface area (Å²) >= 11 is 0. The summed E-state index contributed by atoms with van der Waals surface area (Å²) in [5.41, 5.74) is 17.2. The number of aliphatic hydroxyl groups is 1. The summed E-state index contributed by atoms with van der Waals surface area (Å²) in [7, 11) is 6.26. The van der Waals surface area contributed by atoms with E-state index in [0.717, 1.165) is 27.8 Å². The molecule has 4 rings (SSSR count). The Kier molecular flexibility index (Phi) is 15.8. The highest BCUT2D eigenvalue weighted by atomic mass is 19.4. The Bertz CT molecular complexity index is 1820. The van der Waals surface area contributed by atoms with Crippen LogP contribution < -0.4 is 41.0 Å². The molecule has 2 amide bonds. The average Bonchev–Trinajstić information content (AvgIpc) is 3.32. The lowest BCUT2D eigenvalue weighted by Gasteiger charge is -2.25. The smallest absolute Gasteiger partial charge is 0.490 e. The van der Waals surface area contributed by atoms with Gasteiger partial charge in [-0.1, -0.05) is 56.3 Å². The van der Waals surface area contributed by atoms with Gasteiger partial charge in [0.2, 0.25) is 11.7 Å². The molecule has 0 heterocycles. The molecule has 300 valence electrons. The van der Waals surface area contributed by atoms with Crippen LogP contribution in [0.5, 0.6) is 23.0 Å². The lowest BCUT2D eigenvalue weighted by molar-refractivity contribution is -0.192. The van der Waals surface area contributed by atoms with E-state index in [0.29, 0.717) is 54.4 Å². The maximum absolute atomic E-state index is 13.9. The van der Waals surface area contributed by atoms with E-state index in [2.05, 4.69) is 10.6 Å². The van der Waals surface area contributed by atoms with Gasteiger partial charge < -0.3 is 51.3 Å². The number of benzene rings is 3. The molecule has 55 heavy (non-hydrogen) atoms. The van der Waals surface area contributed by atoms with Crippen molar-refractivity contribution in [2.75, 3.05) is 34.2 Å². The van der Waals surface area contributed by atoms with E-state index in [1.54, 1.807) is 34.5 Å². The predicted molar refractivity (Wildman–Crippen MR) is 200 cm³/mol. The van der Waals surface area contributed by atoms with Gasteiger partial charge >= 0.3 is 12.1 Å². The standard InChI is InChI=1S/C37H48N4O7.C2HF3O2/c1-21(2)16-30(41-37(44)33(42)29(39)17-22-10-8-7-9-11-22)36(43)40-24-13-14-25-27(20-32(46-4)35(48-6)34(25)47-5)26(19-24)23-12-15-31(45-3)28(38)18-23;3-2(4,5)1(6)7/h7-12,15,18-21,24,29-30,33,42H,13-14,16-17,38-39H2,1-6H3,(H,40,43)(H,41,44);(H,6,7). The highest BCUT2D eigenvalue weighted by molar-refractivity contribution is 5.91. The number of aliphatic hydroxyl groups excluding tert-OH is 1. The number of anilines is 1. The third-order valence-electron chi connectivity index (χ3n) is 8.74. The topological polar surface area (TPSA) is 205 Å². The number of rotatable bonds is 14. The zero-order chi connectivity index (χ0) is 41.0. The van der Waals surface area contributed by atoms with Gasteiger partial charge in [0, 0.05) is 17.6 Å². The number of carbonyl (C=O) groups excluding carboxylic acids is 2. The van der Waals surface area contributed by atoms with E-state index in [4.69, 9.17) is 40.3 Å². The summed E-state index contributed by atoms with van der Waals surface area (Å²) < 4.78 is 54.3. The van der Waals surface area contributed by atoms with Gasteiger partial charge in [0.25, 0.3) is 5.91 Å². The van der Waals surface area contributed by atoms with E-state index < -0.39 is 42.3 Å². The van der Waals surface area contributed by atoms with E-state index in [-0.39, 0.29) is 11.8 Å². The normalized spacial score (nSPS) is 15.4. The van der Waals surface area contributed by atoms with E-state index in [1.807, 2.05) is 68.5 Å². The molecule has 3 aromatic carbocycles. The number of methoxy groups -OCH3 is 4. The van der Waals surface area contributed by atoms with Crippen molar-refractivity contribution in [3.63, 3.8) is 0 Å². The van der Waals surface area contributed by atoms with Gasteiger partial charge in [-0.3, -0.25) is 9.59 Å². The number of hydrogen-bond acceptors (Lipinski definition) is 10. The third-order valence-corrected chi connectivity index (χ3v) is 8.74. The maximum Gasteiger partial charge on any atom is 0.490 e. The van der Waals surface area contributed by atoms with Crippen molar-refractivity contribution < 1.29 is 56.7 Å². The van der Waals surface area contributed by atoms with Crippen LogP contribution >= 0.6 is 0 Å². The van der Waals surface area contributed by atoms with Crippen molar-refractivity contribution in [2.45, 2.75) is 69.9 Å². The zero-order valence-corrected chi connectivity index (χ0v) is 31.5. The van der Waals surface area contributed by atoms with Crippen LogP contribution in [0.2, 0.25) is 0 Å². The molecule has 0 fully saturated rings. The molecule has 0 aliphatic heterocycles. The summed E-state index contributed by atoms with van der Waals surface area (Å²) in [6, 6.07) is 14.6. The van der Waals surface area contributed by atoms with E-state index in [9.17, 15) is 27.9 Å². The van der Waals surface area contributed by atoms with Crippen molar-refractivity contribution in [3.05, 3.63) is 82.9 Å². The summed E-state index contributed by atoms with van der Waals surface area (Å²) in [4.78, 5) is 36.0. The molecular weight excluding hydrogens is 725 g/mol. The van der Waals surface area contributed by atoms with Crippen molar-refractivity contribution in [1.82, 2.24) is 10.6 Å². The molecule has 0 bridgehead atoms. The number of halogens is 3. The van der Waals surface area contributed by atoms with Crippen molar-refractivity contribution in [3.8, 4) is 23.0 Å². The van der Waals surface area contributed by atoms with Crippen LogP contribution in [0.3, 0.4) is 0 Å². The number of amides is 2. The van der Waals surface area contributed by atoms with Crippen LogP contribution in [0.25, 0.3) is 5.57 Å². The van der Waals surface area contributed by atoms with Gasteiger partial charge in [-0.15, -0.1) is 0 Å². The lowest BCUT2D eigenvalue weighted by atomic mass is 9.92. The van der Waals surface area contributed by atoms with Crippen molar-refractivity contribution in [2.24, 2.45) is 11.7 Å². The summed E-state index contributed by atoms with van der Waals surface area (Å²) in [5.74, 6) is -1.70. The maximum atomic E-state index is 13.9. The molecule has 13 nitrogen and oxygen atoms in total. The number of aliphatic carboxylic acids is 1. The van der Waals surface area contributed by atoms with Gasteiger partial charge in [-0.25, -0.2) is 4.79 Å². The number of hydrogen-bond donors (Lipinski definition) is 6. The molecule has 0 saturated heterocycles. The van der Waals surface area contributed by atoms with Gasteiger partial charge in [-0.2, -0.15) is 13.2 Å². The first-order valence-corrected chi connectivity index (χ1v) is 17.3. The van der Waals surface area contributed by atoms with Crippen molar-refractivity contribution >= 4 is 29.0 Å². The van der Waals surface area contributed by atoms with Gasteiger partial charge in [-0.05, 0) is 72.1 Å². The zero-order valence-electron chi connectivity index (χ0n) is 31.5. The van der Waals surface area contributed by atoms with Crippen LogP contribution in [0.1, 0.15) is 48.9 Å². The number of nitrogen functional groups attached to an aromatic ring is 1. The minimum absolute atomic E-state index is 0.0761. The quantitative estimate of drug-likeness (QED) is 0.128. The Morgan fingerprint density at radius 2 is 1.53 bits per heavy atom. The van der Waals surface area contributed by atoms with Crippen LogP contribution in [0, 0.1) is 5.92 Å². The summed E-state index contributed by atoms with van der Waals surface area (Å²) in [6.45, 7) is 3.93. The highest BCUT2D eigenvalue weighted by Gasteiger charge is 2.38. The molecule has 8 N–H and O–H groups in total. The minimum Gasteiger partial charge on any atom is -0.495 e. The van der Waals surface area contributed by atoms with Crippen LogP contribution in [-0.4, -0.2) is 86.8 Å². The van der Waals surface area contributed by atoms with Gasteiger partial charge in [0.1, 0.15) is 17.9 Å². The first kappa shape index (κ1) is 43.9. The number of alkyl halides is 3. The number of carbonyl (C=O) groups is 3. The minimum atomic E-state index is -5.08. The average molecular weight is 775 g/mol. The number of nitrogens with one attached hydrogen (secondary N) is 2. The van der Waals surface area contributed by atoms with Gasteiger partial charge in [0.05, 0.1) is 34.1 Å². The SMILES string of the molecule is COc1ccc(C2=CC(NC(=O)C(CC(C)C)NC(=O)C(O)C(N)Cc3ccccc3)CCc3c2cc(OC)c(OC)c3OC)cc1N.O=C(O)C(F)(F)F. The molecule has 16 heteroatoms. The molecular formula is C39H49F3N4O9. The first-order chi connectivity index (χ1) is 25.9. The Morgan fingerprint density at radius 1 is 0.909 bits per heavy atom. The van der Waals surface area contributed by atoms with Crippen LogP contribution in [0.15, 0.2) is 60.7 Å². The molecule has 3 aromatic rings. The second-order valence-corrected chi connectivity index (χ2v) is 13.2. The fraction of sp³-hybridized carbons (Fsp3) is 0.410. The summed E-state index contributed by atoms with van der Waals surface area (Å²) in [5, 5.41) is 23.8. The molecule has 0 aromatic heterocycles. The van der Waals surface area contributed by atoms with Crippen LogP contribution in [0.4, 0.5) is 18.9 Å². The summed E-state index contributed by atoms with van der Waals surface area (Å²) in [6.07, 6.45) is -2.88.